The van der Waals surface area contributed by atoms with Crippen molar-refractivity contribution in [2.45, 2.75) is 62.9 Å². The molecule has 1 aliphatic heterocycles. The summed E-state index contributed by atoms with van der Waals surface area (Å²) in [6, 6.07) is 14.9. The molecular formula is C34H39FN4O7S. The number of amides is 4. The number of hydrogen-bond donors (Lipinski definition) is 3. The van der Waals surface area contributed by atoms with Crippen LogP contribution in [0.4, 0.5) is 14.9 Å². The molecule has 0 spiro atoms. The number of aryl methyl sites for hydroxylation is 1. The fourth-order valence-corrected chi connectivity index (χ4v) is 7.64. The van der Waals surface area contributed by atoms with Gasteiger partial charge in [0, 0.05) is 31.1 Å². The molecule has 3 aromatic rings. The molecule has 1 saturated heterocycles. The second kappa shape index (κ2) is 14.3. The second-order valence-electron chi connectivity index (χ2n) is 11.8. The maximum atomic E-state index is 15.5. The van der Waals surface area contributed by atoms with Crippen molar-refractivity contribution in [3.8, 4) is 0 Å². The molecule has 0 aliphatic carbocycles. The van der Waals surface area contributed by atoms with Gasteiger partial charge in [-0.1, -0.05) is 55.8 Å². The van der Waals surface area contributed by atoms with Crippen molar-refractivity contribution in [3.63, 3.8) is 0 Å². The second-order valence-corrected chi connectivity index (χ2v) is 14.0. The predicted molar refractivity (Wildman–Crippen MR) is 174 cm³/mol. The van der Waals surface area contributed by atoms with Gasteiger partial charge in [0.15, 0.2) is 15.5 Å². The van der Waals surface area contributed by atoms with Crippen LogP contribution in [0.25, 0.3) is 0 Å². The number of benzene rings is 3. The van der Waals surface area contributed by atoms with E-state index in [0.717, 1.165) is 23.5 Å². The van der Waals surface area contributed by atoms with Gasteiger partial charge in [0.2, 0.25) is 5.91 Å². The Morgan fingerprint density at radius 1 is 1.02 bits per heavy atom. The van der Waals surface area contributed by atoms with E-state index in [1.165, 1.54) is 54.6 Å². The largest absolute Gasteiger partial charge is 0.462 e. The molecule has 3 atom stereocenters. The zero-order chi connectivity index (χ0) is 34.5. The molecule has 3 unspecified atom stereocenters. The molecule has 11 nitrogen and oxygen atoms in total. The van der Waals surface area contributed by atoms with Gasteiger partial charge < -0.3 is 25.6 Å². The van der Waals surface area contributed by atoms with Gasteiger partial charge in [-0.05, 0) is 56.2 Å². The summed E-state index contributed by atoms with van der Waals surface area (Å²) in [6.07, 6.45) is -0.595. The SMILES string of the molecule is CCOC(=O)c1cccc(NC(=O)NC2(C(=O)NCC(C)C)CC(S(=O)(=O)c3ccc(C)cc3)C(c3ccccc3F)N2C(C)=O)c1. The third kappa shape index (κ3) is 7.46. The third-order valence-corrected chi connectivity index (χ3v) is 10.00. The first-order valence-corrected chi connectivity index (χ1v) is 16.8. The van der Waals surface area contributed by atoms with E-state index < -0.39 is 62.8 Å². The van der Waals surface area contributed by atoms with E-state index in [2.05, 4.69) is 16.0 Å². The Morgan fingerprint density at radius 3 is 2.32 bits per heavy atom. The van der Waals surface area contributed by atoms with Crippen LogP contribution in [0.3, 0.4) is 0 Å². The van der Waals surface area contributed by atoms with Gasteiger partial charge in [-0.2, -0.15) is 0 Å². The van der Waals surface area contributed by atoms with Gasteiger partial charge >= 0.3 is 12.0 Å². The summed E-state index contributed by atoms with van der Waals surface area (Å²) in [7, 11) is -4.35. The number of urea groups is 1. The summed E-state index contributed by atoms with van der Waals surface area (Å²) in [6.45, 7) is 8.53. The first-order chi connectivity index (χ1) is 22.2. The number of carbonyl (C=O) groups excluding carboxylic acids is 4. The Hall–Kier alpha value is -4.78. The van der Waals surface area contributed by atoms with Gasteiger partial charge in [0.1, 0.15) is 5.82 Å². The van der Waals surface area contributed by atoms with E-state index >= 15 is 4.39 Å². The number of halogens is 1. The zero-order valence-electron chi connectivity index (χ0n) is 26.9. The molecule has 1 aliphatic rings. The summed E-state index contributed by atoms with van der Waals surface area (Å²) in [5.74, 6) is -3.07. The molecule has 4 amide bonds. The molecule has 0 saturated carbocycles. The van der Waals surface area contributed by atoms with Crippen molar-refractivity contribution in [3.05, 3.63) is 95.3 Å². The Bertz CT molecular complexity index is 1760. The predicted octanol–water partition coefficient (Wildman–Crippen LogP) is 4.74. The molecule has 0 aromatic heterocycles. The van der Waals surface area contributed by atoms with Crippen molar-refractivity contribution < 1.29 is 36.7 Å². The van der Waals surface area contributed by atoms with Crippen LogP contribution in [0, 0.1) is 18.7 Å². The summed E-state index contributed by atoms with van der Waals surface area (Å²) in [5.41, 5.74) is -1.29. The number of nitrogens with one attached hydrogen (secondary N) is 3. The zero-order valence-corrected chi connectivity index (χ0v) is 27.7. The van der Waals surface area contributed by atoms with Gasteiger partial charge in [0.25, 0.3) is 5.91 Å². The van der Waals surface area contributed by atoms with Crippen LogP contribution < -0.4 is 16.0 Å². The quantitative estimate of drug-likeness (QED) is 0.265. The number of esters is 1. The van der Waals surface area contributed by atoms with E-state index in [1.54, 1.807) is 26.0 Å². The summed E-state index contributed by atoms with van der Waals surface area (Å²) < 4.78 is 49.3. The van der Waals surface area contributed by atoms with E-state index in [9.17, 15) is 27.6 Å². The van der Waals surface area contributed by atoms with Crippen molar-refractivity contribution >= 4 is 39.3 Å². The molecule has 0 bridgehead atoms. The number of ether oxygens (including phenoxy) is 1. The average Bonchev–Trinajstić information content (AvgIpc) is 3.37. The molecule has 13 heteroatoms. The highest BCUT2D eigenvalue weighted by Crippen LogP contribution is 2.47. The van der Waals surface area contributed by atoms with Gasteiger partial charge in [-0.25, -0.2) is 22.4 Å². The fraction of sp³-hybridized carbons (Fsp3) is 0.353. The van der Waals surface area contributed by atoms with Crippen LogP contribution in [0.5, 0.6) is 0 Å². The molecule has 250 valence electrons. The molecule has 1 heterocycles. The lowest BCUT2D eigenvalue weighted by molar-refractivity contribution is -0.147. The Labute approximate surface area is 273 Å². The minimum atomic E-state index is -4.35. The van der Waals surface area contributed by atoms with Crippen LogP contribution >= 0.6 is 0 Å². The minimum absolute atomic E-state index is 0.0444. The highest BCUT2D eigenvalue weighted by Gasteiger charge is 2.62. The number of rotatable bonds is 10. The Balaban J connectivity index is 1.87. The Morgan fingerprint density at radius 2 is 1.70 bits per heavy atom. The summed E-state index contributed by atoms with van der Waals surface area (Å²) >= 11 is 0. The molecule has 0 radical (unpaired) electrons. The maximum Gasteiger partial charge on any atom is 0.338 e. The van der Waals surface area contributed by atoms with Gasteiger partial charge in [0.05, 0.1) is 28.4 Å². The minimum Gasteiger partial charge on any atom is -0.462 e. The van der Waals surface area contributed by atoms with Gasteiger partial charge in [-0.3, -0.25) is 9.59 Å². The van der Waals surface area contributed by atoms with Crippen LogP contribution in [-0.4, -0.2) is 61.2 Å². The topological polar surface area (TPSA) is 151 Å². The molecular weight excluding hydrogens is 627 g/mol. The normalized spacial score (nSPS) is 19.3. The van der Waals surface area contributed by atoms with Crippen LogP contribution in [0.2, 0.25) is 0 Å². The molecule has 47 heavy (non-hydrogen) atoms. The van der Waals surface area contributed by atoms with Crippen LogP contribution in [-0.2, 0) is 24.2 Å². The standard InChI is InChI=1S/C34H39FN4O7S/c1-6-46-31(41)24-10-9-11-25(18-24)37-33(43)38-34(32(42)36-20-21(2)3)19-29(47(44,45)26-16-14-22(4)15-17-26)30(39(34)23(5)40)27-12-7-8-13-28(27)35/h7-18,21,29-30H,6,19-20H2,1-5H3,(H,36,42)(H2,37,38,43). The first-order valence-electron chi connectivity index (χ1n) is 15.2. The molecule has 3 aromatic carbocycles. The highest BCUT2D eigenvalue weighted by atomic mass is 32.2. The number of carbonyl (C=O) groups is 4. The Kier molecular flexibility index (Phi) is 10.7. The van der Waals surface area contributed by atoms with Gasteiger partial charge in [-0.15, -0.1) is 0 Å². The van der Waals surface area contributed by atoms with E-state index in [1.807, 2.05) is 13.8 Å². The highest BCUT2D eigenvalue weighted by molar-refractivity contribution is 7.92. The molecule has 4 rings (SSSR count). The maximum absolute atomic E-state index is 15.5. The van der Waals surface area contributed by atoms with E-state index in [-0.39, 0.29) is 40.8 Å². The number of anilines is 1. The lowest BCUT2D eigenvalue weighted by Gasteiger charge is -2.40. The first kappa shape index (κ1) is 35.1. The fourth-order valence-electron chi connectivity index (χ4n) is 5.71. The summed E-state index contributed by atoms with van der Waals surface area (Å²) in [4.78, 5) is 54.6. The smallest absolute Gasteiger partial charge is 0.338 e. The average molecular weight is 667 g/mol. The van der Waals surface area contributed by atoms with Crippen LogP contribution in [0.15, 0.2) is 77.7 Å². The number of likely N-dealkylation sites (tertiary alicyclic amines) is 1. The number of hydrogen-bond acceptors (Lipinski definition) is 7. The van der Waals surface area contributed by atoms with Crippen molar-refractivity contribution in [1.29, 1.82) is 0 Å². The van der Waals surface area contributed by atoms with Crippen molar-refractivity contribution in [2.75, 3.05) is 18.5 Å². The van der Waals surface area contributed by atoms with Crippen molar-refractivity contribution in [2.24, 2.45) is 5.92 Å². The molecule has 1 fully saturated rings. The molecule has 3 N–H and O–H groups in total. The number of sulfone groups is 1. The third-order valence-electron chi connectivity index (χ3n) is 7.85. The number of nitrogens with zero attached hydrogens (tertiary/aromatic N) is 1. The lowest BCUT2D eigenvalue weighted by Crippen LogP contribution is -2.67. The van der Waals surface area contributed by atoms with E-state index in [0.29, 0.717) is 0 Å². The monoisotopic (exact) mass is 666 g/mol. The van der Waals surface area contributed by atoms with Crippen molar-refractivity contribution in [1.82, 2.24) is 15.5 Å². The summed E-state index contributed by atoms with van der Waals surface area (Å²) in [5, 5.41) is 6.35. The lowest BCUT2D eigenvalue weighted by atomic mass is 10.0. The van der Waals surface area contributed by atoms with E-state index in [4.69, 9.17) is 4.74 Å². The van der Waals surface area contributed by atoms with Crippen LogP contribution in [0.1, 0.15) is 61.6 Å².